The van der Waals surface area contributed by atoms with Crippen LogP contribution < -0.4 is 9.62 Å². The van der Waals surface area contributed by atoms with Gasteiger partial charge < -0.3 is 5.32 Å². The molecule has 5 nitrogen and oxygen atoms in total. The fourth-order valence-corrected chi connectivity index (χ4v) is 4.79. The number of nitrogens with one attached hydrogen (secondary N) is 1. The van der Waals surface area contributed by atoms with Crippen LogP contribution in [0.25, 0.3) is 0 Å². The van der Waals surface area contributed by atoms with Crippen LogP contribution in [0.3, 0.4) is 0 Å². The summed E-state index contributed by atoms with van der Waals surface area (Å²) in [5.74, 6) is -0.728. The van der Waals surface area contributed by atoms with Crippen molar-refractivity contribution < 1.29 is 17.6 Å². The summed E-state index contributed by atoms with van der Waals surface area (Å²) in [6.07, 6.45) is 2.09. The van der Waals surface area contributed by atoms with Crippen LogP contribution in [-0.4, -0.2) is 26.9 Å². The lowest BCUT2D eigenvalue weighted by atomic mass is 10.1. The number of carbonyl (C=O) groups is 1. The van der Waals surface area contributed by atoms with Crippen molar-refractivity contribution in [3.8, 4) is 0 Å². The lowest BCUT2D eigenvalue weighted by Crippen LogP contribution is -2.35. The van der Waals surface area contributed by atoms with Crippen LogP contribution in [0.15, 0.2) is 60.0 Å². The number of carbonyl (C=O) groups excluding carboxylic acids is 1. The van der Waals surface area contributed by atoms with E-state index in [1.807, 2.05) is 0 Å². The summed E-state index contributed by atoms with van der Waals surface area (Å²) in [5.41, 5.74) is 1.80. The van der Waals surface area contributed by atoms with Gasteiger partial charge in [-0.05, 0) is 61.4 Å². The summed E-state index contributed by atoms with van der Waals surface area (Å²) in [6.45, 7) is 5.72. The third-order valence-corrected chi connectivity index (χ3v) is 6.21. The zero-order chi connectivity index (χ0) is 18.9. The molecule has 136 valence electrons. The fourth-order valence-electron chi connectivity index (χ4n) is 3.10. The zero-order valence-corrected chi connectivity index (χ0v) is 15.1. The van der Waals surface area contributed by atoms with Crippen molar-refractivity contribution in [2.24, 2.45) is 0 Å². The molecule has 2 aromatic rings. The molecule has 1 N–H and O–H groups in total. The van der Waals surface area contributed by atoms with Gasteiger partial charge >= 0.3 is 0 Å². The van der Waals surface area contributed by atoms with E-state index in [-0.39, 0.29) is 16.8 Å². The number of halogens is 1. The minimum absolute atomic E-state index is 0.0337. The first-order chi connectivity index (χ1) is 12.3. The molecule has 0 aliphatic carbocycles. The molecule has 0 radical (unpaired) electrons. The van der Waals surface area contributed by atoms with Crippen molar-refractivity contribution in [1.29, 1.82) is 0 Å². The molecule has 3 rings (SSSR count). The van der Waals surface area contributed by atoms with Crippen LogP contribution >= 0.6 is 0 Å². The van der Waals surface area contributed by atoms with Crippen LogP contribution in [0.5, 0.6) is 0 Å². The van der Waals surface area contributed by atoms with Crippen LogP contribution in [-0.2, 0) is 16.4 Å². The Labute approximate surface area is 152 Å². The average Bonchev–Trinajstić information content (AvgIpc) is 2.95. The van der Waals surface area contributed by atoms with Crippen molar-refractivity contribution in [1.82, 2.24) is 5.32 Å². The predicted octanol–water partition coefficient (Wildman–Crippen LogP) is 2.88. The molecule has 0 saturated heterocycles. The molecule has 7 heteroatoms. The van der Waals surface area contributed by atoms with Crippen LogP contribution in [0, 0.1) is 5.82 Å². The molecule has 0 bridgehead atoms. The maximum atomic E-state index is 13.1. The normalized spacial score (nSPS) is 16.2. The third-order valence-electron chi connectivity index (χ3n) is 4.27. The minimum Gasteiger partial charge on any atom is -0.349 e. The van der Waals surface area contributed by atoms with Gasteiger partial charge in [0.05, 0.1) is 10.6 Å². The van der Waals surface area contributed by atoms with E-state index in [4.69, 9.17) is 0 Å². The van der Waals surface area contributed by atoms with Gasteiger partial charge in [-0.3, -0.25) is 9.10 Å². The van der Waals surface area contributed by atoms with Crippen molar-refractivity contribution in [2.45, 2.75) is 24.3 Å². The molecular weight excluding hydrogens is 355 g/mol. The second-order valence-electron chi connectivity index (χ2n) is 6.15. The number of nitrogens with zero attached hydrogens (tertiary/aromatic N) is 1. The number of rotatable bonds is 5. The number of hydrogen-bond donors (Lipinski definition) is 1. The predicted molar refractivity (Wildman–Crippen MR) is 98.2 cm³/mol. The summed E-state index contributed by atoms with van der Waals surface area (Å²) < 4.78 is 40.4. The quantitative estimate of drug-likeness (QED) is 0.819. The van der Waals surface area contributed by atoms with Crippen LogP contribution in [0.4, 0.5) is 10.1 Å². The molecular formula is C19H19FN2O3S. The summed E-state index contributed by atoms with van der Waals surface area (Å²) in [4.78, 5) is 12.1. The Hall–Kier alpha value is -2.67. The second kappa shape index (κ2) is 6.92. The second-order valence-corrected chi connectivity index (χ2v) is 7.97. The standard InChI is InChI=1S/C19H19FN2O3S/c1-3-10-21-19(23)14-4-9-18-15(12-14)11-13(2)22(18)26(24,25)17-7-5-16(20)6-8-17/h3-9,12-13H,1,10-11H2,2H3,(H,21,23)/t13-/m1/s1. The maximum absolute atomic E-state index is 13.1. The van der Waals surface area contributed by atoms with E-state index >= 15 is 0 Å². The molecule has 26 heavy (non-hydrogen) atoms. The molecule has 0 aromatic heterocycles. The zero-order valence-electron chi connectivity index (χ0n) is 14.3. The molecule has 0 fully saturated rings. The maximum Gasteiger partial charge on any atom is 0.264 e. The summed E-state index contributed by atoms with van der Waals surface area (Å²) in [7, 11) is -3.81. The first kappa shape index (κ1) is 18.1. The Kier molecular flexibility index (Phi) is 4.82. The summed E-state index contributed by atoms with van der Waals surface area (Å²) >= 11 is 0. The monoisotopic (exact) mass is 374 g/mol. The van der Waals surface area contributed by atoms with Gasteiger partial charge in [-0.2, -0.15) is 0 Å². The lowest BCUT2D eigenvalue weighted by molar-refractivity contribution is 0.0958. The van der Waals surface area contributed by atoms with Gasteiger partial charge in [-0.25, -0.2) is 12.8 Å². The first-order valence-electron chi connectivity index (χ1n) is 8.16. The van der Waals surface area contributed by atoms with Gasteiger partial charge in [0, 0.05) is 18.2 Å². The molecule has 1 aliphatic heterocycles. The van der Waals surface area contributed by atoms with E-state index < -0.39 is 15.8 Å². The molecule has 2 aromatic carbocycles. The lowest BCUT2D eigenvalue weighted by Gasteiger charge is -2.24. The van der Waals surface area contributed by atoms with Crippen LogP contribution in [0.1, 0.15) is 22.8 Å². The van der Waals surface area contributed by atoms with Crippen molar-refractivity contribution in [3.63, 3.8) is 0 Å². The largest absolute Gasteiger partial charge is 0.349 e. The Bertz CT molecular complexity index is 955. The first-order valence-corrected chi connectivity index (χ1v) is 9.60. The smallest absolute Gasteiger partial charge is 0.264 e. The van der Waals surface area contributed by atoms with Gasteiger partial charge in [0.15, 0.2) is 0 Å². The third kappa shape index (κ3) is 3.22. The topological polar surface area (TPSA) is 66.5 Å². The van der Waals surface area contributed by atoms with E-state index in [1.54, 1.807) is 31.2 Å². The molecule has 1 atom stereocenters. The Morgan fingerprint density at radius 2 is 2.00 bits per heavy atom. The highest BCUT2D eigenvalue weighted by Gasteiger charge is 2.36. The number of hydrogen-bond acceptors (Lipinski definition) is 3. The highest BCUT2D eigenvalue weighted by atomic mass is 32.2. The minimum atomic E-state index is -3.81. The van der Waals surface area contributed by atoms with E-state index in [2.05, 4.69) is 11.9 Å². The molecule has 0 saturated carbocycles. The highest BCUT2D eigenvalue weighted by molar-refractivity contribution is 7.92. The van der Waals surface area contributed by atoms with Gasteiger partial charge in [-0.15, -0.1) is 6.58 Å². The summed E-state index contributed by atoms with van der Waals surface area (Å²) in [6, 6.07) is 9.42. The Morgan fingerprint density at radius 1 is 1.31 bits per heavy atom. The number of fused-ring (bicyclic) bond motifs is 1. The van der Waals surface area contributed by atoms with Gasteiger partial charge in [0.1, 0.15) is 5.82 Å². The number of benzene rings is 2. The number of anilines is 1. The van der Waals surface area contributed by atoms with Crippen LogP contribution in [0.2, 0.25) is 0 Å². The van der Waals surface area contributed by atoms with E-state index in [0.29, 0.717) is 24.2 Å². The molecule has 1 aliphatic rings. The number of sulfonamides is 1. The van der Waals surface area contributed by atoms with E-state index in [1.165, 1.54) is 16.4 Å². The molecule has 1 amide bonds. The molecule has 1 heterocycles. The van der Waals surface area contributed by atoms with Gasteiger partial charge in [0.2, 0.25) is 0 Å². The van der Waals surface area contributed by atoms with Gasteiger partial charge in [-0.1, -0.05) is 6.08 Å². The highest BCUT2D eigenvalue weighted by Crippen LogP contribution is 2.37. The SMILES string of the molecule is C=CCNC(=O)c1ccc2c(c1)C[C@@H](C)N2S(=O)(=O)c1ccc(F)cc1. The fraction of sp³-hybridized carbons (Fsp3) is 0.211. The van der Waals surface area contributed by atoms with Crippen molar-refractivity contribution in [2.75, 3.05) is 10.8 Å². The Morgan fingerprint density at radius 3 is 2.65 bits per heavy atom. The summed E-state index contributed by atoms with van der Waals surface area (Å²) in [5, 5.41) is 2.70. The average molecular weight is 374 g/mol. The number of amides is 1. The van der Waals surface area contributed by atoms with Crippen molar-refractivity contribution in [3.05, 3.63) is 72.1 Å². The van der Waals surface area contributed by atoms with Gasteiger partial charge in [0.25, 0.3) is 15.9 Å². The van der Waals surface area contributed by atoms with Crippen molar-refractivity contribution >= 4 is 21.6 Å². The molecule has 0 unspecified atom stereocenters. The van der Waals surface area contributed by atoms with E-state index in [0.717, 1.165) is 17.7 Å². The Balaban J connectivity index is 1.96. The molecule has 0 spiro atoms. The van der Waals surface area contributed by atoms with E-state index in [9.17, 15) is 17.6 Å².